The fourth-order valence-electron chi connectivity index (χ4n) is 1.45. The van der Waals surface area contributed by atoms with Crippen molar-refractivity contribution in [3.63, 3.8) is 0 Å². The molecule has 3 N–H and O–H groups in total. The number of hydrogen-bond donors (Lipinski definition) is 3. The Labute approximate surface area is 134 Å². The van der Waals surface area contributed by atoms with Crippen LogP contribution in [0.2, 0.25) is 0 Å². The van der Waals surface area contributed by atoms with Crippen LogP contribution in [0.4, 0.5) is 0 Å². The molecule has 0 atom stereocenters. The maximum absolute atomic E-state index is 11.9. The lowest BCUT2D eigenvalue weighted by Crippen LogP contribution is -2.39. The van der Waals surface area contributed by atoms with Gasteiger partial charge in [-0.15, -0.1) is 11.3 Å². The summed E-state index contributed by atoms with van der Waals surface area (Å²) in [7, 11) is -3.39. The van der Waals surface area contributed by atoms with Crippen LogP contribution >= 0.6 is 23.1 Å². The normalized spacial score (nSPS) is 12.4. The molecule has 120 valence electrons. The molecule has 0 spiro atoms. The van der Waals surface area contributed by atoms with E-state index in [0.717, 1.165) is 18.8 Å². The lowest BCUT2D eigenvalue weighted by Gasteiger charge is -2.10. The molecule has 1 aromatic heterocycles. The van der Waals surface area contributed by atoms with E-state index in [2.05, 4.69) is 20.3 Å². The average Bonchev–Trinajstić information content (AvgIpc) is 2.98. The molecule has 0 amide bonds. The van der Waals surface area contributed by atoms with Gasteiger partial charge in [0.1, 0.15) is 4.21 Å². The molecule has 0 aromatic carbocycles. The Balaban J connectivity index is 2.40. The first-order valence-corrected chi connectivity index (χ1v) is 10.4. The molecule has 0 radical (unpaired) electrons. The topological polar surface area (TPSA) is 82.6 Å². The molecular formula is C12H22N4O2S3. The Morgan fingerprint density at radius 3 is 2.81 bits per heavy atom. The summed E-state index contributed by atoms with van der Waals surface area (Å²) >= 11 is 2.96. The highest BCUT2D eigenvalue weighted by atomic mass is 32.2. The second-order valence-corrected chi connectivity index (χ2v) is 7.94. The minimum atomic E-state index is -3.39. The number of nitrogens with one attached hydrogen (secondary N) is 3. The molecule has 0 aliphatic rings. The Bertz CT molecular complexity index is 515. The highest BCUT2D eigenvalue weighted by Crippen LogP contribution is 2.14. The predicted molar refractivity (Wildman–Crippen MR) is 91.9 cm³/mol. The van der Waals surface area contributed by atoms with E-state index in [9.17, 15) is 8.42 Å². The molecule has 0 saturated heterocycles. The Hall–Kier alpha value is -0.770. The molecule has 0 unspecified atom stereocenters. The van der Waals surface area contributed by atoms with Crippen molar-refractivity contribution >= 4 is 39.1 Å². The lowest BCUT2D eigenvalue weighted by molar-refractivity contribution is 0.584. The average molecular weight is 351 g/mol. The number of hydrogen-bond acceptors (Lipinski definition) is 5. The summed E-state index contributed by atoms with van der Waals surface area (Å²) in [6.45, 7) is 4.25. The summed E-state index contributed by atoms with van der Waals surface area (Å²) in [5.74, 6) is 1.71. The first-order chi connectivity index (χ1) is 10.1. The third kappa shape index (κ3) is 7.16. The van der Waals surface area contributed by atoms with Crippen molar-refractivity contribution in [2.45, 2.75) is 11.1 Å². The Kier molecular flexibility index (Phi) is 8.74. The Morgan fingerprint density at radius 2 is 2.19 bits per heavy atom. The summed E-state index contributed by atoms with van der Waals surface area (Å²) in [5, 5.41) is 8.05. The number of aliphatic imine (C=N–C) groups is 1. The van der Waals surface area contributed by atoms with E-state index >= 15 is 0 Å². The quantitative estimate of drug-likeness (QED) is 0.351. The van der Waals surface area contributed by atoms with Crippen molar-refractivity contribution in [3.05, 3.63) is 17.5 Å². The number of nitrogens with zero attached hydrogens (tertiary/aromatic N) is 1. The van der Waals surface area contributed by atoms with Gasteiger partial charge in [-0.1, -0.05) is 6.07 Å². The van der Waals surface area contributed by atoms with Gasteiger partial charge < -0.3 is 10.6 Å². The molecule has 6 nitrogen and oxygen atoms in total. The van der Waals surface area contributed by atoms with Gasteiger partial charge in [0.05, 0.1) is 6.54 Å². The van der Waals surface area contributed by atoms with Crippen molar-refractivity contribution < 1.29 is 8.42 Å². The molecule has 1 rings (SSSR count). The van der Waals surface area contributed by atoms with Crippen LogP contribution in [0, 0.1) is 0 Å². The zero-order valence-electron chi connectivity index (χ0n) is 12.3. The highest BCUT2D eigenvalue weighted by Gasteiger charge is 2.13. The van der Waals surface area contributed by atoms with Gasteiger partial charge in [0.15, 0.2) is 5.96 Å². The lowest BCUT2D eigenvalue weighted by atomic mass is 10.6. The third-order valence-electron chi connectivity index (χ3n) is 2.38. The number of guanidine groups is 1. The molecule has 1 aromatic rings. The van der Waals surface area contributed by atoms with Gasteiger partial charge in [-0.25, -0.2) is 13.1 Å². The van der Waals surface area contributed by atoms with E-state index in [4.69, 9.17) is 0 Å². The number of sulfonamides is 1. The van der Waals surface area contributed by atoms with Gasteiger partial charge in [0.25, 0.3) is 0 Å². The maximum atomic E-state index is 11.9. The Morgan fingerprint density at radius 1 is 1.38 bits per heavy atom. The van der Waals surface area contributed by atoms with Crippen molar-refractivity contribution in [2.75, 3.05) is 38.2 Å². The first-order valence-electron chi connectivity index (χ1n) is 6.64. The first kappa shape index (κ1) is 18.3. The fourth-order valence-corrected chi connectivity index (χ4v) is 3.81. The summed E-state index contributed by atoms with van der Waals surface area (Å²) in [6.07, 6.45) is 2.05. The summed E-state index contributed by atoms with van der Waals surface area (Å²) < 4.78 is 26.7. The zero-order valence-corrected chi connectivity index (χ0v) is 14.7. The molecule has 0 aliphatic heterocycles. The van der Waals surface area contributed by atoms with Crippen LogP contribution in [0.3, 0.4) is 0 Å². The molecule has 21 heavy (non-hydrogen) atoms. The molecular weight excluding hydrogens is 328 g/mol. The van der Waals surface area contributed by atoms with Gasteiger partial charge >= 0.3 is 0 Å². The second kappa shape index (κ2) is 10.0. The van der Waals surface area contributed by atoms with E-state index in [1.54, 1.807) is 29.3 Å². The van der Waals surface area contributed by atoms with E-state index in [-0.39, 0.29) is 6.54 Å². The van der Waals surface area contributed by atoms with Crippen LogP contribution in [0.15, 0.2) is 26.7 Å². The molecule has 0 bridgehead atoms. The van der Waals surface area contributed by atoms with E-state index in [1.807, 2.05) is 13.2 Å². The fraction of sp³-hybridized carbons (Fsp3) is 0.583. The van der Waals surface area contributed by atoms with E-state index < -0.39 is 10.0 Å². The smallest absolute Gasteiger partial charge is 0.250 e. The van der Waals surface area contributed by atoms with Gasteiger partial charge in [0, 0.05) is 25.4 Å². The van der Waals surface area contributed by atoms with Gasteiger partial charge in [-0.3, -0.25) is 4.99 Å². The van der Waals surface area contributed by atoms with Gasteiger partial charge in [0.2, 0.25) is 10.0 Å². The van der Waals surface area contributed by atoms with Crippen LogP contribution < -0.4 is 15.4 Å². The zero-order chi connectivity index (χ0) is 15.6. The number of thioether (sulfide) groups is 1. The van der Waals surface area contributed by atoms with E-state index in [1.165, 1.54) is 11.3 Å². The minimum absolute atomic E-state index is 0.277. The predicted octanol–water partition coefficient (Wildman–Crippen LogP) is 0.945. The van der Waals surface area contributed by atoms with E-state index in [0.29, 0.717) is 16.7 Å². The van der Waals surface area contributed by atoms with Crippen molar-refractivity contribution in [1.29, 1.82) is 0 Å². The second-order valence-electron chi connectivity index (χ2n) is 4.01. The van der Waals surface area contributed by atoms with Crippen LogP contribution in [0.5, 0.6) is 0 Å². The molecule has 0 aliphatic carbocycles. The largest absolute Gasteiger partial charge is 0.357 e. The molecule has 0 saturated carbocycles. The third-order valence-corrected chi connectivity index (χ3v) is 5.85. The van der Waals surface area contributed by atoms with Crippen molar-refractivity contribution in [1.82, 2.24) is 15.4 Å². The standard InChI is InChI=1S/C12H22N4O2S3/c1-3-13-12(15-8-10-19-2)14-6-7-16-21(17,18)11-5-4-9-20-11/h4-5,9,16H,3,6-8,10H2,1-2H3,(H2,13,14,15). The van der Waals surface area contributed by atoms with Crippen LogP contribution in [0.1, 0.15) is 6.92 Å². The monoisotopic (exact) mass is 350 g/mol. The van der Waals surface area contributed by atoms with Crippen LogP contribution in [-0.4, -0.2) is 52.6 Å². The maximum Gasteiger partial charge on any atom is 0.250 e. The summed E-state index contributed by atoms with van der Waals surface area (Å²) in [5.41, 5.74) is 0. The van der Waals surface area contributed by atoms with Crippen LogP contribution in [0.25, 0.3) is 0 Å². The number of rotatable bonds is 9. The summed E-state index contributed by atoms with van der Waals surface area (Å²) in [4.78, 5) is 4.33. The number of thiophene rings is 1. The summed E-state index contributed by atoms with van der Waals surface area (Å²) in [6, 6.07) is 3.31. The highest BCUT2D eigenvalue weighted by molar-refractivity contribution is 7.98. The SMILES string of the molecule is CCNC(=NCCNS(=O)(=O)c1cccs1)NCCSC. The molecule has 1 heterocycles. The van der Waals surface area contributed by atoms with Crippen LogP contribution in [-0.2, 0) is 10.0 Å². The van der Waals surface area contributed by atoms with Gasteiger partial charge in [-0.05, 0) is 24.6 Å². The minimum Gasteiger partial charge on any atom is -0.357 e. The van der Waals surface area contributed by atoms with Crippen molar-refractivity contribution in [2.24, 2.45) is 4.99 Å². The van der Waals surface area contributed by atoms with Crippen molar-refractivity contribution in [3.8, 4) is 0 Å². The van der Waals surface area contributed by atoms with Gasteiger partial charge in [-0.2, -0.15) is 11.8 Å². The molecule has 0 fully saturated rings. The molecule has 9 heteroatoms.